The highest BCUT2D eigenvalue weighted by atomic mass is 19.1. The van der Waals surface area contributed by atoms with E-state index < -0.39 is 0 Å². The third-order valence-corrected chi connectivity index (χ3v) is 2.53. The predicted octanol–water partition coefficient (Wildman–Crippen LogP) is 2.51. The highest BCUT2D eigenvalue weighted by molar-refractivity contribution is 5.80. The molecule has 0 saturated heterocycles. The second-order valence-electron chi connectivity index (χ2n) is 3.51. The zero-order valence-corrected chi connectivity index (χ0v) is 7.07. The number of halogens is 1. The van der Waals surface area contributed by atoms with Crippen molar-refractivity contribution in [2.75, 3.05) is 0 Å². The first kappa shape index (κ1) is 7.06. The van der Waals surface area contributed by atoms with Gasteiger partial charge in [-0.15, -0.1) is 0 Å². The lowest BCUT2D eigenvalue weighted by Gasteiger charge is -1.99. The Bertz CT molecular complexity index is 457. The van der Waals surface area contributed by atoms with Crippen molar-refractivity contribution in [3.8, 4) is 0 Å². The molecule has 0 bridgehead atoms. The van der Waals surface area contributed by atoms with Gasteiger partial charge in [0.1, 0.15) is 5.82 Å². The highest BCUT2D eigenvalue weighted by Crippen LogP contribution is 2.38. The number of nitrogens with zero attached hydrogens (tertiary/aromatic N) is 2. The molecule has 2 aromatic rings. The molecular formula is C10H9FN2. The van der Waals surface area contributed by atoms with Crippen molar-refractivity contribution in [1.29, 1.82) is 0 Å². The molecular weight excluding hydrogens is 167 g/mol. The van der Waals surface area contributed by atoms with Gasteiger partial charge in [-0.2, -0.15) is 0 Å². The summed E-state index contributed by atoms with van der Waals surface area (Å²) < 4.78 is 15.3. The molecule has 0 N–H and O–H groups in total. The molecule has 2 aromatic heterocycles. The molecule has 1 saturated carbocycles. The Morgan fingerprint density at radius 3 is 3.08 bits per heavy atom. The van der Waals surface area contributed by atoms with Crippen LogP contribution in [0.4, 0.5) is 4.39 Å². The molecule has 1 aliphatic carbocycles. The van der Waals surface area contributed by atoms with Gasteiger partial charge in [0.05, 0.1) is 11.7 Å². The number of fused-ring (bicyclic) bond motifs is 1. The van der Waals surface area contributed by atoms with Gasteiger partial charge in [0.2, 0.25) is 0 Å². The minimum Gasteiger partial charge on any atom is -0.340 e. The molecule has 0 amide bonds. The number of hydrogen-bond acceptors (Lipinski definition) is 1. The number of rotatable bonds is 1. The minimum absolute atomic E-state index is 0.135. The van der Waals surface area contributed by atoms with Crippen LogP contribution in [0.5, 0.6) is 0 Å². The van der Waals surface area contributed by atoms with Gasteiger partial charge in [-0.1, -0.05) is 0 Å². The van der Waals surface area contributed by atoms with Crippen molar-refractivity contribution >= 4 is 10.9 Å². The molecule has 1 fully saturated rings. The third-order valence-electron chi connectivity index (χ3n) is 2.53. The van der Waals surface area contributed by atoms with E-state index in [0.717, 1.165) is 18.4 Å². The summed E-state index contributed by atoms with van der Waals surface area (Å²) >= 11 is 0. The van der Waals surface area contributed by atoms with Gasteiger partial charge in [0, 0.05) is 23.8 Å². The first-order valence-corrected chi connectivity index (χ1v) is 4.46. The van der Waals surface area contributed by atoms with Crippen molar-refractivity contribution in [3.05, 3.63) is 30.5 Å². The largest absolute Gasteiger partial charge is 0.340 e. The summed E-state index contributed by atoms with van der Waals surface area (Å²) in [6.45, 7) is 0. The van der Waals surface area contributed by atoms with Crippen molar-refractivity contribution in [3.63, 3.8) is 0 Å². The molecule has 1 aliphatic rings. The Hall–Kier alpha value is -1.38. The Balaban J connectivity index is 2.34. The standard InChI is InChI=1S/C10H9FN2/c11-9-6-13(7-1-2-7)10-5-12-4-3-8(9)10/h3-7H,1-2H2. The number of pyridine rings is 1. The minimum atomic E-state index is -0.135. The Morgan fingerprint density at radius 2 is 2.31 bits per heavy atom. The molecule has 3 rings (SSSR count). The van der Waals surface area contributed by atoms with E-state index in [9.17, 15) is 4.39 Å². The normalized spacial score (nSPS) is 16.7. The number of aromatic nitrogens is 2. The average Bonchev–Trinajstić information content (AvgIpc) is 2.94. The molecule has 3 heteroatoms. The maximum absolute atomic E-state index is 13.3. The fraction of sp³-hybridized carbons (Fsp3) is 0.300. The first-order chi connectivity index (χ1) is 6.36. The molecule has 66 valence electrons. The van der Waals surface area contributed by atoms with E-state index in [-0.39, 0.29) is 5.82 Å². The highest BCUT2D eigenvalue weighted by Gasteiger charge is 2.25. The van der Waals surface area contributed by atoms with Crippen LogP contribution in [0.3, 0.4) is 0 Å². The van der Waals surface area contributed by atoms with Crippen LogP contribution in [0.2, 0.25) is 0 Å². The summed E-state index contributed by atoms with van der Waals surface area (Å²) in [6, 6.07) is 2.24. The van der Waals surface area contributed by atoms with Crippen LogP contribution in [-0.2, 0) is 0 Å². The SMILES string of the molecule is Fc1cn(C2CC2)c2cnccc12. The van der Waals surface area contributed by atoms with E-state index in [0.29, 0.717) is 11.4 Å². The molecule has 0 spiro atoms. The van der Waals surface area contributed by atoms with Gasteiger partial charge < -0.3 is 4.57 Å². The summed E-state index contributed by atoms with van der Waals surface area (Å²) in [4.78, 5) is 4.01. The zero-order chi connectivity index (χ0) is 8.84. The lowest BCUT2D eigenvalue weighted by atomic mass is 10.3. The van der Waals surface area contributed by atoms with Crippen molar-refractivity contribution in [2.24, 2.45) is 0 Å². The molecule has 13 heavy (non-hydrogen) atoms. The lowest BCUT2D eigenvalue weighted by Crippen LogP contribution is -1.90. The van der Waals surface area contributed by atoms with Crippen molar-refractivity contribution < 1.29 is 4.39 Å². The van der Waals surface area contributed by atoms with Gasteiger partial charge in [-0.3, -0.25) is 4.98 Å². The van der Waals surface area contributed by atoms with Crippen LogP contribution in [0, 0.1) is 5.82 Å². The first-order valence-electron chi connectivity index (χ1n) is 4.46. The molecule has 2 heterocycles. The molecule has 0 radical (unpaired) electrons. The third kappa shape index (κ3) is 0.963. The van der Waals surface area contributed by atoms with Crippen LogP contribution < -0.4 is 0 Å². The molecule has 0 aromatic carbocycles. The van der Waals surface area contributed by atoms with E-state index in [1.165, 1.54) is 0 Å². The summed E-state index contributed by atoms with van der Waals surface area (Å²) in [5, 5.41) is 0.682. The summed E-state index contributed by atoms with van der Waals surface area (Å²) in [7, 11) is 0. The van der Waals surface area contributed by atoms with Crippen LogP contribution in [0.25, 0.3) is 10.9 Å². The zero-order valence-electron chi connectivity index (χ0n) is 7.07. The van der Waals surface area contributed by atoms with Gasteiger partial charge >= 0.3 is 0 Å². The van der Waals surface area contributed by atoms with Crippen LogP contribution in [-0.4, -0.2) is 9.55 Å². The maximum Gasteiger partial charge on any atom is 0.148 e. The van der Waals surface area contributed by atoms with Gasteiger partial charge in [0.25, 0.3) is 0 Å². The van der Waals surface area contributed by atoms with Gasteiger partial charge in [0.15, 0.2) is 0 Å². The van der Waals surface area contributed by atoms with E-state index in [2.05, 4.69) is 4.98 Å². The molecule has 0 unspecified atom stereocenters. The quantitative estimate of drug-likeness (QED) is 0.652. The van der Waals surface area contributed by atoms with Crippen LogP contribution in [0.15, 0.2) is 24.7 Å². The Labute approximate surface area is 75.0 Å². The average molecular weight is 176 g/mol. The summed E-state index contributed by atoms with van der Waals surface area (Å²) in [5.41, 5.74) is 0.919. The van der Waals surface area contributed by atoms with Crippen LogP contribution >= 0.6 is 0 Å². The van der Waals surface area contributed by atoms with Crippen molar-refractivity contribution in [1.82, 2.24) is 9.55 Å². The van der Waals surface area contributed by atoms with E-state index in [1.807, 2.05) is 4.57 Å². The van der Waals surface area contributed by atoms with E-state index in [1.54, 1.807) is 24.7 Å². The molecule has 0 aliphatic heterocycles. The number of hydrogen-bond donors (Lipinski definition) is 0. The Kier molecular flexibility index (Phi) is 1.26. The maximum atomic E-state index is 13.3. The summed E-state index contributed by atoms with van der Waals surface area (Å²) in [5.74, 6) is -0.135. The molecule has 0 atom stereocenters. The monoisotopic (exact) mass is 176 g/mol. The fourth-order valence-corrected chi connectivity index (χ4v) is 1.71. The lowest BCUT2D eigenvalue weighted by molar-refractivity contribution is 0.625. The van der Waals surface area contributed by atoms with Gasteiger partial charge in [-0.25, -0.2) is 4.39 Å². The van der Waals surface area contributed by atoms with Gasteiger partial charge in [-0.05, 0) is 18.9 Å². The predicted molar refractivity (Wildman–Crippen MR) is 48.0 cm³/mol. The van der Waals surface area contributed by atoms with Crippen molar-refractivity contribution in [2.45, 2.75) is 18.9 Å². The summed E-state index contributed by atoms with van der Waals surface area (Å²) in [6.07, 6.45) is 7.28. The smallest absolute Gasteiger partial charge is 0.148 e. The molecule has 2 nitrogen and oxygen atoms in total. The Morgan fingerprint density at radius 1 is 1.46 bits per heavy atom. The second-order valence-corrected chi connectivity index (χ2v) is 3.51. The second kappa shape index (κ2) is 2.31. The topological polar surface area (TPSA) is 17.8 Å². The van der Waals surface area contributed by atoms with E-state index in [4.69, 9.17) is 0 Å². The fourth-order valence-electron chi connectivity index (χ4n) is 1.71. The van der Waals surface area contributed by atoms with E-state index >= 15 is 0 Å². The van der Waals surface area contributed by atoms with Crippen LogP contribution in [0.1, 0.15) is 18.9 Å².